The highest BCUT2D eigenvalue weighted by Gasteiger charge is 2.17. The number of nitrogen functional groups attached to an aromatic ring is 1. The lowest BCUT2D eigenvalue weighted by Gasteiger charge is -2.23. The highest BCUT2D eigenvalue weighted by molar-refractivity contribution is 7.99. The molecule has 1 aliphatic rings. The summed E-state index contributed by atoms with van der Waals surface area (Å²) in [4.78, 5) is 15.4. The van der Waals surface area contributed by atoms with E-state index in [2.05, 4.69) is 10.3 Å². The van der Waals surface area contributed by atoms with E-state index in [0.29, 0.717) is 23.1 Å². The summed E-state index contributed by atoms with van der Waals surface area (Å²) < 4.78 is 0. The number of aromatic nitrogens is 1. The molecule has 0 saturated carbocycles. The van der Waals surface area contributed by atoms with E-state index in [-0.39, 0.29) is 0 Å². The van der Waals surface area contributed by atoms with Gasteiger partial charge in [0.1, 0.15) is 5.82 Å². The Morgan fingerprint density at radius 1 is 1.59 bits per heavy atom. The Morgan fingerprint density at radius 2 is 2.41 bits per heavy atom. The summed E-state index contributed by atoms with van der Waals surface area (Å²) >= 11 is 1.91. The topological polar surface area (TPSA) is 94.0 Å². The first kappa shape index (κ1) is 12.0. The third-order valence-electron chi connectivity index (χ3n) is 2.68. The van der Waals surface area contributed by atoms with Crippen molar-refractivity contribution in [3.05, 3.63) is 17.8 Å². The summed E-state index contributed by atoms with van der Waals surface area (Å²) in [6.45, 7) is 0. The van der Waals surface area contributed by atoms with Crippen molar-refractivity contribution in [3.63, 3.8) is 0 Å². The minimum Gasteiger partial charge on any atom is -0.397 e. The van der Waals surface area contributed by atoms with Crippen LogP contribution in [0.3, 0.4) is 0 Å². The van der Waals surface area contributed by atoms with E-state index in [4.69, 9.17) is 11.5 Å². The van der Waals surface area contributed by atoms with Gasteiger partial charge in [-0.25, -0.2) is 4.98 Å². The minimum atomic E-state index is -0.504. The maximum atomic E-state index is 11.3. The lowest BCUT2D eigenvalue weighted by atomic mass is 10.1. The molecule has 0 aliphatic carbocycles. The Labute approximate surface area is 104 Å². The standard InChI is InChI=1S/C11H16N4OS/c12-7-4-9(10(13)16)11(14-5-7)15-8-2-1-3-17-6-8/h4-5,8H,1-3,6,12H2,(H2,13,16)(H,14,15). The fraction of sp³-hybridized carbons (Fsp3) is 0.455. The van der Waals surface area contributed by atoms with Gasteiger partial charge in [-0.05, 0) is 24.7 Å². The lowest BCUT2D eigenvalue weighted by Crippen LogP contribution is -2.28. The molecule has 1 aliphatic heterocycles. The number of pyridine rings is 1. The Balaban J connectivity index is 2.16. The SMILES string of the molecule is NC(=O)c1cc(N)cnc1NC1CCCSC1. The van der Waals surface area contributed by atoms with Gasteiger partial charge < -0.3 is 16.8 Å². The van der Waals surface area contributed by atoms with Gasteiger partial charge in [0, 0.05) is 11.8 Å². The molecule has 2 rings (SSSR count). The van der Waals surface area contributed by atoms with Crippen LogP contribution in [-0.2, 0) is 0 Å². The van der Waals surface area contributed by atoms with E-state index in [0.717, 1.165) is 12.2 Å². The number of nitrogens with zero attached hydrogens (tertiary/aromatic N) is 1. The number of nitrogens with two attached hydrogens (primary N) is 2. The molecule has 0 aromatic carbocycles. The van der Waals surface area contributed by atoms with Crippen LogP contribution < -0.4 is 16.8 Å². The normalized spacial score (nSPS) is 19.9. The van der Waals surface area contributed by atoms with Crippen molar-refractivity contribution < 1.29 is 4.79 Å². The molecule has 1 atom stereocenters. The van der Waals surface area contributed by atoms with E-state index < -0.39 is 5.91 Å². The molecule has 6 heteroatoms. The van der Waals surface area contributed by atoms with Gasteiger partial charge in [0.25, 0.3) is 5.91 Å². The largest absolute Gasteiger partial charge is 0.397 e. The van der Waals surface area contributed by atoms with Crippen LogP contribution in [0.25, 0.3) is 0 Å². The van der Waals surface area contributed by atoms with E-state index >= 15 is 0 Å². The maximum absolute atomic E-state index is 11.3. The van der Waals surface area contributed by atoms with Gasteiger partial charge in [-0.3, -0.25) is 4.79 Å². The summed E-state index contributed by atoms with van der Waals surface area (Å²) in [7, 11) is 0. The molecule has 0 radical (unpaired) electrons. The van der Waals surface area contributed by atoms with Crippen molar-refractivity contribution in [1.29, 1.82) is 0 Å². The number of primary amides is 1. The summed E-state index contributed by atoms with van der Waals surface area (Å²) in [5.41, 5.74) is 11.7. The van der Waals surface area contributed by atoms with Gasteiger partial charge in [-0.1, -0.05) is 0 Å². The quantitative estimate of drug-likeness (QED) is 0.748. The van der Waals surface area contributed by atoms with Gasteiger partial charge in [0.15, 0.2) is 0 Å². The molecule has 1 fully saturated rings. The molecule has 0 spiro atoms. The van der Waals surface area contributed by atoms with Gasteiger partial charge in [-0.2, -0.15) is 11.8 Å². The molecule has 1 unspecified atom stereocenters. The van der Waals surface area contributed by atoms with Crippen LogP contribution in [0.15, 0.2) is 12.3 Å². The van der Waals surface area contributed by atoms with Crippen molar-refractivity contribution >= 4 is 29.2 Å². The predicted molar refractivity (Wildman–Crippen MR) is 71.1 cm³/mol. The van der Waals surface area contributed by atoms with E-state index in [1.54, 1.807) is 6.07 Å². The second-order valence-corrected chi connectivity index (χ2v) is 5.24. The first-order valence-corrected chi connectivity index (χ1v) is 6.72. The van der Waals surface area contributed by atoms with Gasteiger partial charge in [0.05, 0.1) is 17.4 Å². The Morgan fingerprint density at radius 3 is 3.06 bits per heavy atom. The molecule has 92 valence electrons. The number of anilines is 2. The molecule has 5 N–H and O–H groups in total. The smallest absolute Gasteiger partial charge is 0.252 e. The summed E-state index contributed by atoms with van der Waals surface area (Å²) in [6.07, 6.45) is 3.81. The maximum Gasteiger partial charge on any atom is 0.252 e. The van der Waals surface area contributed by atoms with Gasteiger partial charge in [0.2, 0.25) is 0 Å². The van der Waals surface area contributed by atoms with Crippen LogP contribution in [-0.4, -0.2) is 28.4 Å². The highest BCUT2D eigenvalue weighted by atomic mass is 32.2. The van der Waals surface area contributed by atoms with Crippen LogP contribution in [0.5, 0.6) is 0 Å². The number of hydrogen-bond donors (Lipinski definition) is 3. The third-order valence-corrected chi connectivity index (χ3v) is 3.89. The molecular formula is C11H16N4OS. The zero-order valence-electron chi connectivity index (χ0n) is 9.48. The molecule has 1 aromatic rings. The zero-order valence-corrected chi connectivity index (χ0v) is 10.3. The van der Waals surface area contributed by atoms with Crippen molar-refractivity contribution in [3.8, 4) is 0 Å². The number of amides is 1. The van der Waals surface area contributed by atoms with Crippen LogP contribution in [0.1, 0.15) is 23.2 Å². The Bertz CT molecular complexity index is 418. The van der Waals surface area contributed by atoms with Crippen molar-refractivity contribution in [2.75, 3.05) is 22.6 Å². The van der Waals surface area contributed by atoms with Crippen molar-refractivity contribution in [2.24, 2.45) is 5.73 Å². The molecule has 17 heavy (non-hydrogen) atoms. The molecular weight excluding hydrogens is 236 g/mol. The van der Waals surface area contributed by atoms with E-state index in [1.807, 2.05) is 11.8 Å². The number of carbonyl (C=O) groups is 1. The number of carbonyl (C=O) groups excluding carboxylic acids is 1. The fourth-order valence-electron chi connectivity index (χ4n) is 1.83. The molecule has 1 saturated heterocycles. The van der Waals surface area contributed by atoms with Gasteiger partial charge in [-0.15, -0.1) is 0 Å². The second kappa shape index (κ2) is 5.27. The summed E-state index contributed by atoms with van der Waals surface area (Å²) in [6, 6.07) is 1.91. The summed E-state index contributed by atoms with van der Waals surface area (Å²) in [5, 5.41) is 3.27. The van der Waals surface area contributed by atoms with Gasteiger partial charge >= 0.3 is 0 Å². The molecule has 0 bridgehead atoms. The predicted octanol–water partition coefficient (Wildman–Crippen LogP) is 1.07. The van der Waals surface area contributed by atoms with Crippen molar-refractivity contribution in [1.82, 2.24) is 4.98 Å². The number of rotatable bonds is 3. The third kappa shape index (κ3) is 3.03. The Kier molecular flexibility index (Phi) is 3.73. The Hall–Kier alpha value is -1.43. The molecule has 1 aromatic heterocycles. The first-order chi connectivity index (χ1) is 8.16. The van der Waals surface area contributed by atoms with Crippen molar-refractivity contribution in [2.45, 2.75) is 18.9 Å². The van der Waals surface area contributed by atoms with E-state index in [9.17, 15) is 4.79 Å². The zero-order chi connectivity index (χ0) is 12.3. The number of nitrogens with one attached hydrogen (secondary N) is 1. The van der Waals surface area contributed by atoms with Crippen LogP contribution in [0.2, 0.25) is 0 Å². The van der Waals surface area contributed by atoms with Crippen LogP contribution in [0.4, 0.5) is 11.5 Å². The molecule has 1 amide bonds. The monoisotopic (exact) mass is 252 g/mol. The lowest BCUT2D eigenvalue weighted by molar-refractivity contribution is 0.100. The summed E-state index contributed by atoms with van der Waals surface area (Å²) in [5.74, 6) is 2.27. The second-order valence-electron chi connectivity index (χ2n) is 4.09. The molecule has 5 nitrogen and oxygen atoms in total. The fourth-order valence-corrected chi connectivity index (χ4v) is 2.90. The van der Waals surface area contributed by atoms with Crippen LogP contribution in [0, 0.1) is 0 Å². The van der Waals surface area contributed by atoms with E-state index in [1.165, 1.54) is 18.4 Å². The number of hydrogen-bond acceptors (Lipinski definition) is 5. The first-order valence-electron chi connectivity index (χ1n) is 5.56. The highest BCUT2D eigenvalue weighted by Crippen LogP contribution is 2.22. The average Bonchev–Trinajstić information content (AvgIpc) is 2.32. The molecule has 2 heterocycles. The minimum absolute atomic E-state index is 0.350. The number of thioether (sulfide) groups is 1. The van der Waals surface area contributed by atoms with Crippen LogP contribution >= 0.6 is 11.8 Å². The average molecular weight is 252 g/mol.